The summed E-state index contributed by atoms with van der Waals surface area (Å²) >= 11 is 1.16. The minimum absolute atomic E-state index is 0.400. The second kappa shape index (κ2) is 6.46. The van der Waals surface area contributed by atoms with Crippen LogP contribution in [0.1, 0.15) is 31.5 Å². The summed E-state index contributed by atoms with van der Waals surface area (Å²) in [7, 11) is 1.83. The highest BCUT2D eigenvalue weighted by Gasteiger charge is 2.30. The highest BCUT2D eigenvalue weighted by Crippen LogP contribution is 2.39. The molecule has 9 heteroatoms. The van der Waals surface area contributed by atoms with E-state index in [9.17, 15) is 18.0 Å². The molecule has 0 saturated heterocycles. The topological polar surface area (TPSA) is 59.8 Å². The third-order valence-electron chi connectivity index (χ3n) is 3.76. The van der Waals surface area contributed by atoms with Crippen molar-refractivity contribution < 1.29 is 18.0 Å². The predicted molar refractivity (Wildman–Crippen MR) is 83.2 cm³/mol. The van der Waals surface area contributed by atoms with Gasteiger partial charge in [0.1, 0.15) is 5.82 Å². The Morgan fingerprint density at radius 1 is 1.29 bits per heavy atom. The van der Waals surface area contributed by atoms with E-state index in [0.717, 1.165) is 42.6 Å². The van der Waals surface area contributed by atoms with Crippen molar-refractivity contribution in [2.24, 2.45) is 7.05 Å². The molecule has 0 unspecified atom stereocenters. The lowest BCUT2D eigenvalue weighted by molar-refractivity contribution is -0.115. The molecule has 3 rings (SSSR count). The molecular formula is C15H15F3N4OS. The molecule has 1 fully saturated rings. The summed E-state index contributed by atoms with van der Waals surface area (Å²) in [5.41, 5.74) is -0.400. The quantitative estimate of drug-likeness (QED) is 0.660. The summed E-state index contributed by atoms with van der Waals surface area (Å²) < 4.78 is 41.6. The van der Waals surface area contributed by atoms with E-state index >= 15 is 0 Å². The number of anilines is 1. The number of carbonyl (C=O) groups excluding carboxylic acids is 1. The van der Waals surface area contributed by atoms with Crippen molar-refractivity contribution in [3.63, 3.8) is 0 Å². The molecule has 1 amide bonds. The van der Waals surface area contributed by atoms with E-state index in [1.807, 2.05) is 11.6 Å². The molecule has 0 aliphatic heterocycles. The van der Waals surface area contributed by atoms with Gasteiger partial charge in [-0.3, -0.25) is 4.79 Å². The zero-order valence-electron chi connectivity index (χ0n) is 13.0. The van der Waals surface area contributed by atoms with Gasteiger partial charge in [-0.2, -0.15) is 0 Å². The lowest BCUT2D eigenvalue weighted by Gasteiger charge is -2.12. The molecule has 1 N–H and O–H groups in total. The van der Waals surface area contributed by atoms with Crippen LogP contribution in [-0.4, -0.2) is 25.9 Å². The molecule has 24 heavy (non-hydrogen) atoms. The molecule has 2 aromatic rings. The Kier molecular flexibility index (Phi) is 4.53. The van der Waals surface area contributed by atoms with Crippen molar-refractivity contribution in [3.8, 4) is 0 Å². The molecule has 1 aliphatic rings. The van der Waals surface area contributed by atoms with Crippen molar-refractivity contribution in [2.45, 2.75) is 36.1 Å². The minimum Gasteiger partial charge on any atom is -0.323 e. The first-order valence-corrected chi connectivity index (χ1v) is 8.26. The monoisotopic (exact) mass is 356 g/mol. The van der Waals surface area contributed by atoms with Crippen LogP contribution in [0.25, 0.3) is 0 Å². The number of benzene rings is 1. The Hall–Kier alpha value is -2.03. The van der Waals surface area contributed by atoms with Gasteiger partial charge >= 0.3 is 0 Å². The summed E-state index contributed by atoms with van der Waals surface area (Å²) in [5.74, 6) is -3.57. The van der Waals surface area contributed by atoms with E-state index in [-0.39, 0.29) is 0 Å². The van der Waals surface area contributed by atoms with E-state index < -0.39 is 34.3 Å². The van der Waals surface area contributed by atoms with E-state index in [1.54, 1.807) is 6.92 Å². The van der Waals surface area contributed by atoms with E-state index in [1.165, 1.54) is 0 Å². The standard InChI is InChI=1S/C15H15F3N4OS/c1-7(24-15-21-20-13(22(15)2)8-3-4-8)14(23)19-10-6-5-9(16)11(17)12(10)18/h5-8H,3-4H2,1-2H3,(H,19,23)/t7-/m1/s1. The first-order valence-electron chi connectivity index (χ1n) is 7.38. The van der Waals surface area contributed by atoms with Crippen LogP contribution < -0.4 is 5.32 Å². The number of rotatable bonds is 5. The number of carbonyl (C=O) groups is 1. The van der Waals surface area contributed by atoms with Crippen LogP contribution in [0.2, 0.25) is 0 Å². The number of halogens is 3. The van der Waals surface area contributed by atoms with Crippen molar-refractivity contribution in [2.75, 3.05) is 5.32 Å². The van der Waals surface area contributed by atoms with E-state index in [4.69, 9.17) is 0 Å². The molecule has 0 radical (unpaired) electrons. The number of hydrogen-bond donors (Lipinski definition) is 1. The van der Waals surface area contributed by atoms with Crippen LogP contribution >= 0.6 is 11.8 Å². The second-order valence-corrected chi connectivity index (χ2v) is 6.95. The van der Waals surface area contributed by atoms with Crippen molar-refractivity contribution in [3.05, 3.63) is 35.4 Å². The number of nitrogens with one attached hydrogen (secondary N) is 1. The molecule has 0 spiro atoms. The fourth-order valence-corrected chi connectivity index (χ4v) is 3.02. The largest absolute Gasteiger partial charge is 0.323 e. The van der Waals surface area contributed by atoms with Gasteiger partial charge in [0, 0.05) is 13.0 Å². The van der Waals surface area contributed by atoms with Gasteiger partial charge in [-0.15, -0.1) is 10.2 Å². The van der Waals surface area contributed by atoms with Gasteiger partial charge in [0.2, 0.25) is 5.91 Å². The van der Waals surface area contributed by atoms with Crippen LogP contribution in [0, 0.1) is 17.5 Å². The molecule has 1 heterocycles. The fraction of sp³-hybridized carbons (Fsp3) is 0.400. The maximum absolute atomic E-state index is 13.6. The summed E-state index contributed by atoms with van der Waals surface area (Å²) in [5, 5.41) is 10.4. The average molecular weight is 356 g/mol. The number of thioether (sulfide) groups is 1. The molecule has 0 bridgehead atoms. The Morgan fingerprint density at radius 3 is 2.67 bits per heavy atom. The second-order valence-electron chi connectivity index (χ2n) is 5.65. The van der Waals surface area contributed by atoms with Crippen LogP contribution in [-0.2, 0) is 11.8 Å². The van der Waals surface area contributed by atoms with Crippen molar-refractivity contribution >= 4 is 23.4 Å². The van der Waals surface area contributed by atoms with Gasteiger partial charge in [0.15, 0.2) is 22.6 Å². The third kappa shape index (κ3) is 3.26. The fourth-order valence-electron chi connectivity index (χ4n) is 2.19. The summed E-state index contributed by atoms with van der Waals surface area (Å²) in [6.45, 7) is 1.61. The van der Waals surface area contributed by atoms with Gasteiger partial charge in [-0.25, -0.2) is 13.2 Å². The van der Waals surface area contributed by atoms with Gasteiger partial charge in [0.05, 0.1) is 10.9 Å². The van der Waals surface area contributed by atoms with Crippen LogP contribution in [0.15, 0.2) is 17.3 Å². The highest BCUT2D eigenvalue weighted by atomic mass is 32.2. The smallest absolute Gasteiger partial charge is 0.237 e. The Labute approximate surface area is 140 Å². The van der Waals surface area contributed by atoms with Crippen LogP contribution in [0.5, 0.6) is 0 Å². The van der Waals surface area contributed by atoms with Crippen molar-refractivity contribution in [1.29, 1.82) is 0 Å². The average Bonchev–Trinajstić information content (AvgIpc) is 3.33. The molecule has 1 atom stereocenters. The lowest BCUT2D eigenvalue weighted by atomic mass is 10.2. The minimum atomic E-state index is -1.62. The highest BCUT2D eigenvalue weighted by molar-refractivity contribution is 8.00. The summed E-state index contributed by atoms with van der Waals surface area (Å²) in [6, 6.07) is 1.74. The summed E-state index contributed by atoms with van der Waals surface area (Å²) in [6.07, 6.45) is 2.17. The molecule has 128 valence electrons. The normalized spacial score (nSPS) is 15.4. The number of hydrogen-bond acceptors (Lipinski definition) is 4. The van der Waals surface area contributed by atoms with Gasteiger partial charge in [-0.05, 0) is 31.9 Å². The molecule has 5 nitrogen and oxygen atoms in total. The van der Waals surface area contributed by atoms with Gasteiger partial charge < -0.3 is 9.88 Å². The van der Waals surface area contributed by atoms with Crippen molar-refractivity contribution in [1.82, 2.24) is 14.8 Å². The molecule has 1 saturated carbocycles. The third-order valence-corrected chi connectivity index (χ3v) is 4.89. The lowest BCUT2D eigenvalue weighted by Crippen LogP contribution is -2.23. The SMILES string of the molecule is C[C@@H](Sc1nnc(C2CC2)n1C)C(=O)Nc1ccc(F)c(F)c1F. The molecule has 1 aliphatic carbocycles. The maximum Gasteiger partial charge on any atom is 0.237 e. The number of nitrogens with zero attached hydrogens (tertiary/aromatic N) is 3. The molecule has 1 aromatic carbocycles. The molecular weight excluding hydrogens is 341 g/mol. The summed E-state index contributed by atoms with van der Waals surface area (Å²) in [4.78, 5) is 12.2. The van der Waals surface area contributed by atoms with E-state index in [2.05, 4.69) is 15.5 Å². The Balaban J connectivity index is 1.68. The number of aromatic nitrogens is 3. The van der Waals surface area contributed by atoms with Crippen LogP contribution in [0.3, 0.4) is 0 Å². The zero-order valence-corrected chi connectivity index (χ0v) is 13.8. The first kappa shape index (κ1) is 16.8. The molecule has 1 aromatic heterocycles. The Bertz CT molecular complexity index is 791. The van der Waals surface area contributed by atoms with Gasteiger partial charge in [0.25, 0.3) is 0 Å². The maximum atomic E-state index is 13.6. The first-order chi connectivity index (χ1) is 11.4. The van der Waals surface area contributed by atoms with Crippen LogP contribution in [0.4, 0.5) is 18.9 Å². The Morgan fingerprint density at radius 2 is 2.00 bits per heavy atom. The van der Waals surface area contributed by atoms with E-state index in [0.29, 0.717) is 11.1 Å². The number of amides is 1. The zero-order chi connectivity index (χ0) is 17.4. The van der Waals surface area contributed by atoms with Gasteiger partial charge in [-0.1, -0.05) is 11.8 Å². The predicted octanol–water partition coefficient (Wildman–Crippen LogP) is 3.23.